The molecule has 0 saturated carbocycles. The quantitative estimate of drug-likeness (QED) is 0.929. The third-order valence-corrected chi connectivity index (χ3v) is 5.96. The summed E-state index contributed by atoms with van der Waals surface area (Å²) < 4.78 is 40.5. The number of nitrogens with two attached hydrogens (primary N) is 1. The molecular formula is C14H21FN2O2S. The molecule has 2 N–H and O–H groups in total. The van der Waals surface area contributed by atoms with Crippen molar-refractivity contribution >= 4 is 10.0 Å². The number of sulfonamides is 1. The molecule has 112 valence electrons. The zero-order valence-corrected chi connectivity index (χ0v) is 12.7. The fourth-order valence-corrected chi connectivity index (χ4v) is 4.67. The van der Waals surface area contributed by atoms with Gasteiger partial charge in [0.05, 0.1) is 4.90 Å². The Morgan fingerprint density at radius 3 is 2.70 bits per heavy atom. The van der Waals surface area contributed by atoms with Crippen LogP contribution < -0.4 is 5.73 Å². The highest BCUT2D eigenvalue weighted by Gasteiger charge is 2.34. The Morgan fingerprint density at radius 1 is 1.35 bits per heavy atom. The van der Waals surface area contributed by atoms with Crippen LogP contribution >= 0.6 is 0 Å². The van der Waals surface area contributed by atoms with E-state index in [1.165, 1.54) is 16.4 Å². The number of nitrogens with zero attached hydrogens (tertiary/aromatic N) is 1. The fraction of sp³-hybridized carbons (Fsp3) is 0.571. The second-order valence-electron chi connectivity index (χ2n) is 5.56. The molecule has 2 atom stereocenters. The van der Waals surface area contributed by atoms with Crippen LogP contribution in [-0.2, 0) is 16.6 Å². The average Bonchev–Trinajstić information content (AvgIpc) is 2.41. The summed E-state index contributed by atoms with van der Waals surface area (Å²) in [6.07, 6.45) is 1.84. The summed E-state index contributed by atoms with van der Waals surface area (Å²) in [5.41, 5.74) is 6.04. The first-order chi connectivity index (χ1) is 9.36. The van der Waals surface area contributed by atoms with Crippen molar-refractivity contribution in [2.24, 2.45) is 11.7 Å². The zero-order chi connectivity index (χ0) is 14.9. The summed E-state index contributed by atoms with van der Waals surface area (Å²) >= 11 is 0. The van der Waals surface area contributed by atoms with E-state index in [9.17, 15) is 12.8 Å². The third-order valence-electron chi connectivity index (χ3n) is 3.90. The fourth-order valence-electron chi connectivity index (χ4n) is 2.65. The molecule has 0 bridgehead atoms. The molecule has 0 aromatic heterocycles. The Bertz CT molecular complexity index is 589. The predicted molar refractivity (Wildman–Crippen MR) is 76.0 cm³/mol. The molecule has 20 heavy (non-hydrogen) atoms. The van der Waals surface area contributed by atoms with Gasteiger partial charge in [-0.15, -0.1) is 0 Å². The number of piperidine rings is 1. The Morgan fingerprint density at radius 2 is 2.05 bits per heavy atom. The number of rotatable bonds is 3. The lowest BCUT2D eigenvalue weighted by Crippen LogP contribution is -2.45. The number of hydrogen-bond acceptors (Lipinski definition) is 3. The van der Waals surface area contributed by atoms with Crippen molar-refractivity contribution < 1.29 is 12.8 Å². The van der Waals surface area contributed by atoms with E-state index >= 15 is 0 Å². The van der Waals surface area contributed by atoms with Crippen LogP contribution in [0.2, 0.25) is 0 Å². The Labute approximate surface area is 119 Å². The van der Waals surface area contributed by atoms with Gasteiger partial charge in [-0.1, -0.05) is 13.0 Å². The minimum Gasteiger partial charge on any atom is -0.326 e. The molecule has 2 unspecified atom stereocenters. The highest BCUT2D eigenvalue weighted by molar-refractivity contribution is 7.89. The van der Waals surface area contributed by atoms with Crippen LogP contribution in [0.5, 0.6) is 0 Å². The molecule has 4 nitrogen and oxygen atoms in total. The maximum Gasteiger partial charge on any atom is 0.243 e. The average molecular weight is 300 g/mol. The first-order valence-electron chi connectivity index (χ1n) is 6.86. The van der Waals surface area contributed by atoms with Gasteiger partial charge in [-0.3, -0.25) is 0 Å². The molecule has 1 aromatic carbocycles. The van der Waals surface area contributed by atoms with Gasteiger partial charge in [0.2, 0.25) is 10.0 Å². The van der Waals surface area contributed by atoms with Crippen molar-refractivity contribution in [1.82, 2.24) is 4.31 Å². The van der Waals surface area contributed by atoms with Gasteiger partial charge in [0.15, 0.2) is 0 Å². The van der Waals surface area contributed by atoms with E-state index in [1.54, 1.807) is 0 Å². The van der Waals surface area contributed by atoms with Crippen molar-refractivity contribution in [3.05, 3.63) is 29.6 Å². The van der Waals surface area contributed by atoms with Crippen LogP contribution in [-0.4, -0.2) is 25.3 Å². The van der Waals surface area contributed by atoms with Gasteiger partial charge in [0, 0.05) is 19.1 Å². The van der Waals surface area contributed by atoms with Crippen molar-refractivity contribution in [2.75, 3.05) is 6.54 Å². The highest BCUT2D eigenvalue weighted by Crippen LogP contribution is 2.29. The maximum absolute atomic E-state index is 13.4. The van der Waals surface area contributed by atoms with Gasteiger partial charge in [-0.25, -0.2) is 12.8 Å². The smallest absolute Gasteiger partial charge is 0.243 e. The number of hydrogen-bond donors (Lipinski definition) is 1. The topological polar surface area (TPSA) is 63.4 Å². The molecule has 1 aromatic rings. The summed E-state index contributed by atoms with van der Waals surface area (Å²) in [5.74, 6) is -0.241. The molecule has 6 heteroatoms. The molecule has 1 heterocycles. The lowest BCUT2D eigenvalue weighted by Gasteiger charge is -2.36. The molecule has 0 aliphatic carbocycles. The maximum atomic E-state index is 13.4. The van der Waals surface area contributed by atoms with E-state index in [4.69, 9.17) is 5.73 Å². The van der Waals surface area contributed by atoms with Crippen LogP contribution in [0, 0.1) is 11.7 Å². The molecule has 1 aliphatic heterocycles. The second kappa shape index (κ2) is 5.79. The van der Waals surface area contributed by atoms with Crippen LogP contribution in [0.4, 0.5) is 4.39 Å². The lowest BCUT2D eigenvalue weighted by molar-refractivity contribution is 0.218. The van der Waals surface area contributed by atoms with E-state index < -0.39 is 15.8 Å². The highest BCUT2D eigenvalue weighted by atomic mass is 32.2. The van der Waals surface area contributed by atoms with Gasteiger partial charge < -0.3 is 5.73 Å². The first kappa shape index (κ1) is 15.4. The number of halogens is 1. The van der Waals surface area contributed by atoms with E-state index in [0.717, 1.165) is 18.9 Å². The standard InChI is InChI=1S/C14H21FN2O2S/c1-10-3-4-11(2)17(9-10)20(18,19)14-7-13(15)6-5-12(14)8-16/h5-7,10-11H,3-4,8-9,16H2,1-2H3. The summed E-state index contributed by atoms with van der Waals surface area (Å²) in [6, 6.07) is 3.69. The molecule has 0 radical (unpaired) electrons. The van der Waals surface area contributed by atoms with E-state index in [0.29, 0.717) is 18.0 Å². The summed E-state index contributed by atoms with van der Waals surface area (Å²) in [5, 5.41) is 0. The molecule has 1 saturated heterocycles. The molecule has 2 rings (SSSR count). The van der Waals surface area contributed by atoms with E-state index in [2.05, 4.69) is 0 Å². The van der Waals surface area contributed by atoms with Crippen molar-refractivity contribution in [2.45, 2.75) is 44.2 Å². The summed E-state index contributed by atoms with van der Waals surface area (Å²) in [4.78, 5) is 0.000880. The third kappa shape index (κ3) is 2.87. The minimum atomic E-state index is -3.70. The van der Waals surface area contributed by atoms with Crippen LogP contribution in [0.1, 0.15) is 32.3 Å². The Hall–Kier alpha value is -0.980. The van der Waals surface area contributed by atoms with Crippen molar-refractivity contribution in [3.63, 3.8) is 0 Å². The van der Waals surface area contributed by atoms with Gasteiger partial charge in [-0.05, 0) is 43.4 Å². The van der Waals surface area contributed by atoms with E-state index in [-0.39, 0.29) is 17.5 Å². The summed E-state index contributed by atoms with van der Waals surface area (Å²) in [7, 11) is -3.70. The molecule has 0 amide bonds. The molecular weight excluding hydrogens is 279 g/mol. The van der Waals surface area contributed by atoms with Crippen LogP contribution in [0.3, 0.4) is 0 Å². The number of benzene rings is 1. The monoisotopic (exact) mass is 300 g/mol. The second-order valence-corrected chi connectivity index (χ2v) is 7.42. The zero-order valence-electron chi connectivity index (χ0n) is 11.8. The minimum absolute atomic E-state index is 0.000880. The Balaban J connectivity index is 2.46. The van der Waals surface area contributed by atoms with Crippen molar-refractivity contribution in [3.8, 4) is 0 Å². The van der Waals surface area contributed by atoms with Gasteiger partial charge >= 0.3 is 0 Å². The van der Waals surface area contributed by atoms with Crippen LogP contribution in [0.15, 0.2) is 23.1 Å². The Kier molecular flexibility index (Phi) is 4.46. The predicted octanol–water partition coefficient (Wildman–Crippen LogP) is 2.09. The summed E-state index contributed by atoms with van der Waals surface area (Å²) in [6.45, 7) is 4.48. The van der Waals surface area contributed by atoms with Gasteiger partial charge in [-0.2, -0.15) is 4.31 Å². The molecule has 0 spiro atoms. The molecule has 1 fully saturated rings. The van der Waals surface area contributed by atoms with Crippen molar-refractivity contribution in [1.29, 1.82) is 0 Å². The normalized spacial score (nSPS) is 24.8. The first-order valence-corrected chi connectivity index (χ1v) is 8.30. The largest absolute Gasteiger partial charge is 0.326 e. The van der Waals surface area contributed by atoms with Crippen LogP contribution in [0.25, 0.3) is 0 Å². The molecule has 1 aliphatic rings. The SMILES string of the molecule is CC1CCC(C)N(S(=O)(=O)c2cc(F)ccc2CN)C1. The van der Waals surface area contributed by atoms with Gasteiger partial charge in [0.25, 0.3) is 0 Å². The van der Waals surface area contributed by atoms with Gasteiger partial charge in [0.1, 0.15) is 5.82 Å². The lowest BCUT2D eigenvalue weighted by atomic mass is 9.97. The van der Waals surface area contributed by atoms with E-state index in [1.807, 2.05) is 13.8 Å².